The van der Waals surface area contributed by atoms with Gasteiger partial charge in [-0.25, -0.2) is 0 Å². The van der Waals surface area contributed by atoms with E-state index < -0.39 is 11.6 Å². The van der Waals surface area contributed by atoms with Gasteiger partial charge in [0.1, 0.15) is 5.84 Å². The second-order valence-corrected chi connectivity index (χ2v) is 7.51. The van der Waals surface area contributed by atoms with E-state index in [0.717, 1.165) is 50.3 Å². The first-order valence-electron chi connectivity index (χ1n) is 9.24. The molecule has 7 nitrogen and oxygen atoms in total. The molecule has 0 radical (unpaired) electrons. The van der Waals surface area contributed by atoms with Gasteiger partial charge in [-0.3, -0.25) is 15.1 Å². The molecule has 142 valence electrons. The summed E-state index contributed by atoms with van der Waals surface area (Å²) in [6.45, 7) is 3.82. The van der Waals surface area contributed by atoms with E-state index in [1.54, 1.807) is 0 Å². The van der Waals surface area contributed by atoms with Crippen LogP contribution in [0.4, 0.5) is 5.69 Å². The van der Waals surface area contributed by atoms with Crippen LogP contribution < -0.4 is 10.6 Å². The highest BCUT2D eigenvalue weighted by Gasteiger charge is 2.37. The van der Waals surface area contributed by atoms with Crippen molar-refractivity contribution in [1.82, 2.24) is 4.90 Å². The van der Waals surface area contributed by atoms with Crippen molar-refractivity contribution in [3.63, 3.8) is 0 Å². The van der Waals surface area contributed by atoms with Crippen LogP contribution in [0.1, 0.15) is 37.7 Å². The minimum Gasteiger partial charge on any atom is -0.481 e. The lowest BCUT2D eigenvalue weighted by molar-refractivity contribution is -0.144. The van der Waals surface area contributed by atoms with Crippen LogP contribution in [-0.2, 0) is 4.79 Å². The van der Waals surface area contributed by atoms with E-state index in [0.29, 0.717) is 18.9 Å². The van der Waals surface area contributed by atoms with Crippen molar-refractivity contribution in [2.45, 2.75) is 43.7 Å². The van der Waals surface area contributed by atoms with Gasteiger partial charge in [0.2, 0.25) is 0 Å². The zero-order chi connectivity index (χ0) is 18.7. The van der Waals surface area contributed by atoms with Crippen LogP contribution in [0.3, 0.4) is 0 Å². The summed E-state index contributed by atoms with van der Waals surface area (Å²) in [4.78, 5) is 15.7. The van der Waals surface area contributed by atoms with Crippen molar-refractivity contribution in [1.29, 1.82) is 5.41 Å². The number of nitrogens with zero attached hydrogens (tertiary/aromatic N) is 2. The van der Waals surface area contributed by atoms with E-state index in [2.05, 4.69) is 9.80 Å². The number of nitrogens with two attached hydrogens (primary N) is 1. The first-order valence-corrected chi connectivity index (χ1v) is 9.24. The Hall–Kier alpha value is -2.12. The van der Waals surface area contributed by atoms with Gasteiger partial charge >= 0.3 is 5.97 Å². The summed E-state index contributed by atoms with van der Waals surface area (Å²) in [6, 6.07) is 8.23. The minimum atomic E-state index is -1.03. The monoisotopic (exact) mass is 360 g/mol. The Kier molecular flexibility index (Phi) is 5.48. The fourth-order valence-corrected chi connectivity index (χ4v) is 4.16. The predicted molar refractivity (Wildman–Crippen MR) is 101 cm³/mol. The second-order valence-electron chi connectivity index (χ2n) is 7.51. The summed E-state index contributed by atoms with van der Waals surface area (Å²) in [5.74, 6) is -0.836. The predicted octanol–water partition coefficient (Wildman–Crippen LogP) is 1.24. The molecule has 2 fully saturated rings. The van der Waals surface area contributed by atoms with Gasteiger partial charge in [0.05, 0.1) is 12.0 Å². The molecular weight excluding hydrogens is 332 g/mol. The highest BCUT2D eigenvalue weighted by atomic mass is 16.4. The molecule has 1 saturated heterocycles. The third kappa shape index (κ3) is 4.34. The standard InChI is InChI=1S/C19H28N4O3/c20-18(21)14-1-3-15(4-2-14)22-9-11-23(12-10-22)16-5-7-19(26,8-6-16)13-17(24)25/h1-4,16,26H,5-13H2,(H3,20,21)(H,24,25). The SMILES string of the molecule is N=C(N)c1ccc(N2CCN(C3CCC(O)(CC(=O)O)CC3)CC2)cc1. The van der Waals surface area contributed by atoms with Gasteiger partial charge in [-0.2, -0.15) is 0 Å². The molecule has 0 atom stereocenters. The van der Waals surface area contributed by atoms with Crippen molar-refractivity contribution in [2.75, 3.05) is 31.1 Å². The van der Waals surface area contributed by atoms with Crippen LogP contribution in [0.2, 0.25) is 0 Å². The van der Waals surface area contributed by atoms with E-state index >= 15 is 0 Å². The molecule has 0 spiro atoms. The highest BCUT2D eigenvalue weighted by molar-refractivity contribution is 5.95. The van der Waals surface area contributed by atoms with Crippen LogP contribution in [0.5, 0.6) is 0 Å². The largest absolute Gasteiger partial charge is 0.481 e. The Morgan fingerprint density at radius 2 is 1.73 bits per heavy atom. The first kappa shape index (κ1) is 18.7. The highest BCUT2D eigenvalue weighted by Crippen LogP contribution is 2.34. The Bertz CT molecular complexity index is 645. The second kappa shape index (κ2) is 7.63. The van der Waals surface area contributed by atoms with Gasteiger partial charge < -0.3 is 20.8 Å². The molecule has 1 aromatic rings. The molecule has 5 N–H and O–H groups in total. The number of carbonyl (C=O) groups is 1. The molecule has 0 bridgehead atoms. The lowest BCUT2D eigenvalue weighted by Gasteiger charge is -2.44. The number of nitrogen functional groups attached to an aromatic ring is 1. The van der Waals surface area contributed by atoms with Crippen molar-refractivity contribution < 1.29 is 15.0 Å². The molecule has 0 amide bonds. The summed E-state index contributed by atoms with van der Waals surface area (Å²) in [6.07, 6.45) is 2.70. The van der Waals surface area contributed by atoms with Gasteiger partial charge in [0.15, 0.2) is 0 Å². The topological polar surface area (TPSA) is 114 Å². The van der Waals surface area contributed by atoms with E-state index in [1.165, 1.54) is 0 Å². The molecule has 2 aliphatic rings. The molecule has 1 heterocycles. The molecule has 1 aliphatic heterocycles. The number of rotatable bonds is 5. The lowest BCUT2D eigenvalue weighted by Crippen LogP contribution is -2.52. The van der Waals surface area contributed by atoms with Crippen molar-refractivity contribution in [2.24, 2.45) is 5.73 Å². The molecular formula is C19H28N4O3. The summed E-state index contributed by atoms with van der Waals surface area (Å²) >= 11 is 0. The third-order valence-corrected chi connectivity index (χ3v) is 5.74. The summed E-state index contributed by atoms with van der Waals surface area (Å²) < 4.78 is 0. The maximum Gasteiger partial charge on any atom is 0.306 e. The number of benzene rings is 1. The number of amidine groups is 1. The van der Waals surface area contributed by atoms with E-state index in [1.807, 2.05) is 24.3 Å². The molecule has 0 aromatic heterocycles. The summed E-state index contributed by atoms with van der Waals surface area (Å²) in [7, 11) is 0. The number of hydrogen-bond donors (Lipinski definition) is 4. The average Bonchev–Trinajstić information content (AvgIpc) is 2.62. The van der Waals surface area contributed by atoms with Crippen LogP contribution in [0.25, 0.3) is 0 Å². The number of nitrogens with one attached hydrogen (secondary N) is 1. The van der Waals surface area contributed by atoms with Crippen molar-refractivity contribution in [3.8, 4) is 0 Å². The lowest BCUT2D eigenvalue weighted by atomic mass is 9.79. The Morgan fingerprint density at radius 3 is 2.23 bits per heavy atom. The van der Waals surface area contributed by atoms with Crippen LogP contribution in [0, 0.1) is 5.41 Å². The van der Waals surface area contributed by atoms with Crippen LogP contribution in [-0.4, -0.2) is 64.7 Å². The van der Waals surface area contributed by atoms with Gasteiger partial charge in [-0.15, -0.1) is 0 Å². The Morgan fingerprint density at radius 1 is 1.15 bits per heavy atom. The number of carboxylic acids is 1. The molecule has 1 aliphatic carbocycles. The van der Waals surface area contributed by atoms with E-state index in [9.17, 15) is 9.90 Å². The molecule has 1 saturated carbocycles. The van der Waals surface area contributed by atoms with Crippen molar-refractivity contribution in [3.05, 3.63) is 29.8 Å². The fraction of sp³-hybridized carbons (Fsp3) is 0.579. The normalized spacial score (nSPS) is 27.3. The van der Waals surface area contributed by atoms with Gasteiger partial charge in [0, 0.05) is 43.5 Å². The summed E-state index contributed by atoms with van der Waals surface area (Å²) in [5.41, 5.74) is 6.36. The van der Waals surface area contributed by atoms with Gasteiger partial charge in [0.25, 0.3) is 0 Å². The number of aliphatic hydroxyl groups is 1. The number of carboxylic acid groups (broad SMARTS) is 1. The molecule has 3 rings (SSSR count). The molecule has 7 heteroatoms. The Balaban J connectivity index is 1.50. The quantitative estimate of drug-likeness (QED) is 0.464. The molecule has 1 aromatic carbocycles. The minimum absolute atomic E-state index is 0.0847. The average molecular weight is 360 g/mol. The molecule has 26 heavy (non-hydrogen) atoms. The fourth-order valence-electron chi connectivity index (χ4n) is 4.16. The zero-order valence-corrected chi connectivity index (χ0v) is 15.0. The number of aliphatic carboxylic acids is 1. The summed E-state index contributed by atoms with van der Waals surface area (Å²) in [5, 5.41) is 26.8. The maximum atomic E-state index is 10.9. The Labute approximate surface area is 153 Å². The van der Waals surface area contributed by atoms with E-state index in [4.69, 9.17) is 16.2 Å². The van der Waals surface area contributed by atoms with Crippen LogP contribution >= 0.6 is 0 Å². The number of anilines is 1. The van der Waals surface area contributed by atoms with Gasteiger partial charge in [-0.05, 0) is 49.9 Å². The van der Waals surface area contributed by atoms with Crippen molar-refractivity contribution >= 4 is 17.5 Å². The number of piperazine rings is 1. The first-order chi connectivity index (χ1) is 12.4. The third-order valence-electron chi connectivity index (χ3n) is 5.74. The van der Waals surface area contributed by atoms with Gasteiger partial charge in [-0.1, -0.05) is 0 Å². The smallest absolute Gasteiger partial charge is 0.306 e. The number of hydrogen-bond acceptors (Lipinski definition) is 5. The van der Waals surface area contributed by atoms with Crippen LogP contribution in [0.15, 0.2) is 24.3 Å². The zero-order valence-electron chi connectivity index (χ0n) is 15.0. The maximum absolute atomic E-state index is 10.9. The molecule has 0 unspecified atom stereocenters. The van der Waals surface area contributed by atoms with E-state index in [-0.39, 0.29) is 12.3 Å².